The van der Waals surface area contributed by atoms with Gasteiger partial charge in [0.15, 0.2) is 0 Å². The van der Waals surface area contributed by atoms with Gasteiger partial charge in [0.2, 0.25) is 0 Å². The predicted octanol–water partition coefficient (Wildman–Crippen LogP) is 10.2. The van der Waals surface area contributed by atoms with Crippen LogP contribution in [0, 0.1) is 41.5 Å². The summed E-state index contributed by atoms with van der Waals surface area (Å²) in [7, 11) is 0. The molecule has 0 spiro atoms. The fourth-order valence-corrected chi connectivity index (χ4v) is 8.08. The Bertz CT molecular complexity index is 2280. The average Bonchev–Trinajstić information content (AvgIpc) is 3.40. The summed E-state index contributed by atoms with van der Waals surface area (Å²) in [6.07, 6.45) is 4.58. The standard InChI is InChI=1S/C42H37BN2/c1-26-17-28(3)40(29(4)18-26)44-15-16-45(41-30(5)19-27(2)20-31(41)6)42(44)43-38-24-34-13-9-7-11-32(34)21-36(38)23-37-22-33-12-8-10-14-35(33)25-39(37)43/h7-25H,1-6H3. The third-order valence-electron chi connectivity index (χ3n) is 9.70. The van der Waals surface area contributed by atoms with Crippen LogP contribution >= 0.6 is 0 Å². The number of nitrogens with zero attached hydrogens (tertiary/aromatic N) is 2. The maximum Gasteiger partial charge on any atom is 0.134 e. The Morgan fingerprint density at radius 1 is 0.489 bits per heavy atom. The zero-order valence-electron chi connectivity index (χ0n) is 26.9. The van der Waals surface area contributed by atoms with Gasteiger partial charge in [0.05, 0.1) is 5.72 Å². The summed E-state index contributed by atoms with van der Waals surface area (Å²) in [4.78, 5) is 0. The number of benzene rings is 6. The molecule has 0 aliphatic rings. The maximum absolute atomic E-state index is 2.48. The van der Waals surface area contributed by atoms with E-state index in [1.54, 1.807) is 0 Å². The normalized spacial score (nSPS) is 11.8. The van der Waals surface area contributed by atoms with Crippen molar-refractivity contribution in [3.63, 3.8) is 0 Å². The van der Waals surface area contributed by atoms with Gasteiger partial charge in [-0.15, -0.1) is 0 Å². The summed E-state index contributed by atoms with van der Waals surface area (Å²) < 4.78 is 4.97. The number of hydrogen-bond donors (Lipinski definition) is 0. The number of hydrogen-bond acceptors (Lipinski definition) is 0. The molecule has 3 heteroatoms. The van der Waals surface area contributed by atoms with E-state index in [2.05, 4.69) is 166 Å². The summed E-state index contributed by atoms with van der Waals surface area (Å²) in [5, 5.41) is 10.3. The minimum Gasteiger partial charge on any atom is -0.237 e. The number of aryl methyl sites for hydroxylation is 6. The minimum absolute atomic E-state index is 0.00409. The molecule has 0 aliphatic heterocycles. The maximum atomic E-state index is 2.48. The smallest absolute Gasteiger partial charge is 0.134 e. The molecule has 0 aliphatic carbocycles. The van der Waals surface area contributed by atoms with E-state index in [1.807, 2.05) is 0 Å². The summed E-state index contributed by atoms with van der Waals surface area (Å²) in [5.74, 6) is 0. The molecule has 8 aromatic rings. The molecule has 2 aromatic heterocycles. The number of rotatable bonds is 3. The summed E-state index contributed by atoms with van der Waals surface area (Å²) in [6.45, 7) is 13.4. The molecule has 0 atom stereocenters. The summed E-state index contributed by atoms with van der Waals surface area (Å²) in [6, 6.07) is 38.9. The quantitative estimate of drug-likeness (QED) is 0.145. The van der Waals surface area contributed by atoms with Gasteiger partial charge >= 0.3 is 0 Å². The van der Waals surface area contributed by atoms with Gasteiger partial charge in [0, 0.05) is 6.34 Å². The van der Waals surface area contributed by atoms with Crippen LogP contribution in [0.25, 0.3) is 60.0 Å². The van der Waals surface area contributed by atoms with Crippen LogP contribution in [0.5, 0.6) is 0 Å². The van der Waals surface area contributed by atoms with Crippen molar-refractivity contribution in [1.29, 1.82) is 0 Å². The van der Waals surface area contributed by atoms with Crippen LogP contribution in [0.1, 0.15) is 33.4 Å². The van der Waals surface area contributed by atoms with Crippen LogP contribution in [-0.4, -0.2) is 10.9 Å². The van der Waals surface area contributed by atoms with Crippen LogP contribution in [0.3, 0.4) is 0 Å². The fraction of sp³-hybridized carbons (Fsp3) is 0.143. The first kappa shape index (κ1) is 27.5. The molecule has 0 fully saturated rings. The van der Waals surface area contributed by atoms with Crippen LogP contribution in [0.2, 0.25) is 0 Å². The van der Waals surface area contributed by atoms with E-state index in [1.165, 1.54) is 93.4 Å². The van der Waals surface area contributed by atoms with E-state index in [0.29, 0.717) is 0 Å². The lowest BCUT2D eigenvalue weighted by Crippen LogP contribution is -2.37. The Hall–Kier alpha value is -5.02. The Balaban J connectivity index is 1.62. The van der Waals surface area contributed by atoms with E-state index in [9.17, 15) is 0 Å². The number of aromatic nitrogens is 2. The van der Waals surface area contributed by atoms with Crippen molar-refractivity contribution in [3.8, 4) is 17.1 Å². The Kier molecular flexibility index (Phi) is 6.29. The highest BCUT2D eigenvalue weighted by Crippen LogP contribution is 2.34. The second-order valence-electron chi connectivity index (χ2n) is 13.1. The molecule has 0 radical (unpaired) electrons. The fourth-order valence-electron chi connectivity index (χ4n) is 8.08. The van der Waals surface area contributed by atoms with Crippen LogP contribution in [0.4, 0.5) is 0 Å². The van der Waals surface area contributed by atoms with E-state index < -0.39 is 0 Å². The van der Waals surface area contributed by atoms with Gasteiger partial charge in [-0.1, -0.05) is 125 Å². The molecule has 45 heavy (non-hydrogen) atoms. The zero-order valence-corrected chi connectivity index (χ0v) is 26.9. The average molecular weight is 581 g/mol. The van der Waals surface area contributed by atoms with Crippen molar-refractivity contribution in [2.45, 2.75) is 41.5 Å². The van der Waals surface area contributed by atoms with Gasteiger partial charge in [-0.3, -0.25) is 0 Å². The van der Waals surface area contributed by atoms with E-state index in [0.717, 1.165) is 0 Å². The van der Waals surface area contributed by atoms with Gasteiger partial charge in [-0.2, -0.15) is 0 Å². The van der Waals surface area contributed by atoms with Crippen LogP contribution in [-0.2, 0) is 0 Å². The van der Waals surface area contributed by atoms with Gasteiger partial charge in [0.1, 0.15) is 23.8 Å². The first-order valence-corrected chi connectivity index (χ1v) is 16.0. The van der Waals surface area contributed by atoms with Crippen LogP contribution < -0.4 is 4.57 Å². The molecule has 0 unspecified atom stereocenters. The van der Waals surface area contributed by atoms with E-state index >= 15 is 0 Å². The Morgan fingerprint density at radius 2 is 0.911 bits per heavy atom. The molecule has 8 rings (SSSR count). The molecule has 0 saturated carbocycles. The lowest BCUT2D eigenvalue weighted by Gasteiger charge is -2.24. The summed E-state index contributed by atoms with van der Waals surface area (Å²) in [5.41, 5.74) is 11.5. The van der Waals surface area contributed by atoms with Gasteiger partial charge in [0.25, 0.3) is 0 Å². The predicted molar refractivity (Wildman–Crippen MR) is 193 cm³/mol. The Labute approximate surface area is 265 Å². The highest BCUT2D eigenvalue weighted by atomic mass is 15.1. The molecule has 2 heterocycles. The highest BCUT2D eigenvalue weighted by Gasteiger charge is 2.23. The molecule has 0 saturated heterocycles. The lowest BCUT2D eigenvalue weighted by molar-refractivity contribution is -0.581. The molecule has 6 aromatic carbocycles. The SMILES string of the molecule is Cc1cc(C)c(-n2cc[n+](-c3c(C)cc(C)cc3C)c2-[b-]2c3cc4ccccc4cc3cc3cc4ccccc4cc23)c(C)c1. The largest absolute Gasteiger partial charge is 0.237 e. The first-order valence-electron chi connectivity index (χ1n) is 16.0. The van der Waals surface area contributed by atoms with Crippen molar-refractivity contribution >= 4 is 49.2 Å². The molecule has 2 nitrogen and oxygen atoms in total. The highest BCUT2D eigenvalue weighted by molar-refractivity contribution is 6.83. The van der Waals surface area contributed by atoms with Crippen molar-refractivity contribution in [2.24, 2.45) is 0 Å². The van der Waals surface area contributed by atoms with Crippen molar-refractivity contribution in [2.75, 3.05) is 0 Å². The molecule has 0 amide bonds. The molecule has 0 bridgehead atoms. The first-order chi connectivity index (χ1) is 21.8. The molecular weight excluding hydrogens is 543 g/mol. The minimum atomic E-state index is 0.00409. The third-order valence-corrected chi connectivity index (χ3v) is 9.70. The van der Waals surface area contributed by atoms with Gasteiger partial charge in [-0.25, -0.2) is 19.7 Å². The van der Waals surface area contributed by atoms with E-state index in [4.69, 9.17) is 0 Å². The van der Waals surface area contributed by atoms with Gasteiger partial charge in [-0.05, 0) is 85.3 Å². The lowest BCUT2D eigenvalue weighted by atomic mass is 9.55. The second-order valence-corrected chi connectivity index (χ2v) is 13.1. The van der Waals surface area contributed by atoms with Gasteiger partial charge < -0.3 is 0 Å². The third kappa shape index (κ3) is 4.41. The topological polar surface area (TPSA) is 8.81 Å². The molecule has 0 N–H and O–H groups in total. The van der Waals surface area contributed by atoms with E-state index in [-0.39, 0.29) is 6.34 Å². The molecule has 218 valence electrons. The van der Waals surface area contributed by atoms with Crippen LogP contribution in [0.15, 0.2) is 116 Å². The van der Waals surface area contributed by atoms with Crippen molar-refractivity contribution in [3.05, 3.63) is 149 Å². The number of imidazole rings is 1. The van der Waals surface area contributed by atoms with Crippen molar-refractivity contribution in [1.82, 2.24) is 4.57 Å². The Morgan fingerprint density at radius 3 is 1.40 bits per heavy atom. The molecular formula is C42H37BN2. The zero-order chi connectivity index (χ0) is 31.0. The monoisotopic (exact) mass is 580 g/mol. The summed E-state index contributed by atoms with van der Waals surface area (Å²) >= 11 is 0. The second kappa shape index (κ2) is 10.3. The van der Waals surface area contributed by atoms with Crippen molar-refractivity contribution < 1.29 is 4.57 Å². The number of fused-ring (bicyclic) bond motifs is 4.